The van der Waals surface area contributed by atoms with Crippen LogP contribution in [0.1, 0.15) is 159 Å². The third-order valence-corrected chi connectivity index (χ3v) is 16.2. The Morgan fingerprint density at radius 2 is 1.45 bits per heavy atom. The minimum atomic E-state index is -1.53. The summed E-state index contributed by atoms with van der Waals surface area (Å²) in [6.07, 6.45) is 5.15. The minimum Gasteiger partial charge on any atom is -0.481 e. The van der Waals surface area contributed by atoms with Gasteiger partial charge in [-0.2, -0.15) is 0 Å². The van der Waals surface area contributed by atoms with Gasteiger partial charge in [-0.15, -0.1) is 0 Å². The Bertz CT molecular complexity index is 1400. The molecule has 58 heavy (non-hydrogen) atoms. The van der Waals surface area contributed by atoms with E-state index in [0.717, 1.165) is 12.8 Å². The maximum absolute atomic E-state index is 12.2. The second kappa shape index (κ2) is 17.7. The first kappa shape index (κ1) is 46.5. The lowest BCUT2D eigenvalue weighted by molar-refractivity contribution is -0.347. The molecular formula is C45H78O13. The Kier molecular flexibility index (Phi) is 14.2. The number of aliphatic carboxylic acids is 1. The molecule has 6 aliphatic heterocycles. The number of hydrogen-bond donors (Lipinski definition) is 6. The highest BCUT2D eigenvalue weighted by atomic mass is 16.7. The SMILES string of the molecule is CC[C@@H]1O[C@H]([C@@H]2CC[C@](O)([C@]3(C)CC[C@H]([C@H](C)[C@]4(O)CC[C@H](C)[C@H](C[C@]5(O)O[C@H]([C@H](C)[C@H](O)C[C@@H]6CC[C@H](C)[C@H]([C@H](C)C(=O)O)O6)CC[C@H]5C)O4)O3)O2)CC[C@@]1(C)O. The summed E-state index contributed by atoms with van der Waals surface area (Å²) in [5, 5.41) is 68.2. The van der Waals surface area contributed by atoms with E-state index in [1.54, 1.807) is 6.92 Å². The summed E-state index contributed by atoms with van der Waals surface area (Å²) < 4.78 is 38.8. The molecule has 13 heteroatoms. The summed E-state index contributed by atoms with van der Waals surface area (Å²) in [6, 6.07) is 0. The molecule has 6 N–H and O–H groups in total. The minimum absolute atomic E-state index is 0.0416. The summed E-state index contributed by atoms with van der Waals surface area (Å²) >= 11 is 0. The monoisotopic (exact) mass is 827 g/mol. The Morgan fingerprint density at radius 3 is 2.14 bits per heavy atom. The molecule has 0 bridgehead atoms. The van der Waals surface area contributed by atoms with Gasteiger partial charge in [0.1, 0.15) is 5.60 Å². The van der Waals surface area contributed by atoms with E-state index in [2.05, 4.69) is 6.92 Å². The molecule has 0 amide bonds. The zero-order valence-electron chi connectivity index (χ0n) is 36.8. The fourth-order valence-electron chi connectivity index (χ4n) is 11.3. The molecule has 0 unspecified atom stereocenters. The van der Waals surface area contributed by atoms with E-state index in [1.807, 2.05) is 48.5 Å². The average molecular weight is 827 g/mol. The van der Waals surface area contributed by atoms with Crippen molar-refractivity contribution < 1.29 is 63.9 Å². The standard InChI is InChI=1S/C45H78O13/c1-10-38-41(8,49)19-16-35(54-38)36-18-22-45(52,58-36)42(9)20-17-34(55-42)30(7)43(50)21-15-25(2)37(57-43)24-44(51)27(4)12-14-33(56-44)28(5)32(46)23-31-13-11-26(3)39(53-31)29(6)40(47)48/h25-39,46,49-52H,10-24H2,1-9H3,(H,47,48)/t25-,26-,27+,28+,29-,30-,31-,32+,33-,34+,35-,36-,37-,38-,39+,41+,42-,43-,44-,45+/m0/s1. The van der Waals surface area contributed by atoms with E-state index in [0.29, 0.717) is 77.0 Å². The molecule has 0 aliphatic carbocycles. The number of aliphatic hydroxyl groups is 5. The molecule has 0 saturated carbocycles. The van der Waals surface area contributed by atoms with Crippen LogP contribution in [-0.2, 0) is 33.2 Å². The van der Waals surface area contributed by atoms with Crippen molar-refractivity contribution in [2.24, 2.45) is 35.5 Å². The van der Waals surface area contributed by atoms with Gasteiger partial charge >= 0.3 is 5.97 Å². The molecule has 0 aromatic carbocycles. The van der Waals surface area contributed by atoms with Crippen LogP contribution in [0.3, 0.4) is 0 Å². The van der Waals surface area contributed by atoms with Gasteiger partial charge in [-0.25, -0.2) is 0 Å². The van der Waals surface area contributed by atoms with Crippen molar-refractivity contribution in [1.29, 1.82) is 0 Å². The molecule has 0 aromatic heterocycles. The van der Waals surface area contributed by atoms with Gasteiger partial charge in [0.2, 0.25) is 0 Å². The Hall–Kier alpha value is -0.970. The Labute approximate surface area is 346 Å². The summed E-state index contributed by atoms with van der Waals surface area (Å²) in [5.74, 6) is -6.88. The molecular weight excluding hydrogens is 748 g/mol. The third kappa shape index (κ3) is 9.36. The van der Waals surface area contributed by atoms with Gasteiger partial charge in [-0.1, -0.05) is 41.5 Å². The molecule has 0 radical (unpaired) electrons. The maximum atomic E-state index is 12.2. The van der Waals surface area contributed by atoms with Crippen molar-refractivity contribution in [3.63, 3.8) is 0 Å². The van der Waals surface area contributed by atoms with E-state index >= 15 is 0 Å². The van der Waals surface area contributed by atoms with E-state index in [-0.39, 0.29) is 54.5 Å². The molecule has 6 saturated heterocycles. The van der Waals surface area contributed by atoms with Crippen LogP contribution >= 0.6 is 0 Å². The van der Waals surface area contributed by atoms with Crippen LogP contribution in [-0.4, -0.2) is 120 Å². The van der Waals surface area contributed by atoms with Gasteiger partial charge in [0.05, 0.1) is 66.5 Å². The van der Waals surface area contributed by atoms with Gasteiger partial charge in [0.25, 0.3) is 0 Å². The number of hydrogen-bond acceptors (Lipinski definition) is 12. The topological polar surface area (TPSA) is 194 Å². The molecule has 0 aromatic rings. The average Bonchev–Trinajstić information content (AvgIpc) is 3.79. The van der Waals surface area contributed by atoms with Crippen LogP contribution < -0.4 is 0 Å². The van der Waals surface area contributed by atoms with Crippen LogP contribution in [0.15, 0.2) is 0 Å². The van der Waals surface area contributed by atoms with Crippen LogP contribution in [0.5, 0.6) is 0 Å². The quantitative estimate of drug-likeness (QED) is 0.130. The van der Waals surface area contributed by atoms with E-state index in [4.69, 9.17) is 28.4 Å². The lowest BCUT2D eigenvalue weighted by atomic mass is 9.78. The highest BCUT2D eigenvalue weighted by Gasteiger charge is 2.61. The fraction of sp³-hybridized carbons (Fsp3) is 0.978. The molecule has 6 rings (SSSR count). The fourth-order valence-corrected chi connectivity index (χ4v) is 11.3. The number of carbonyl (C=O) groups is 1. The van der Waals surface area contributed by atoms with Crippen LogP contribution in [0.4, 0.5) is 0 Å². The van der Waals surface area contributed by atoms with Crippen molar-refractivity contribution in [2.45, 2.75) is 242 Å². The van der Waals surface area contributed by atoms with Crippen molar-refractivity contribution in [1.82, 2.24) is 0 Å². The first-order chi connectivity index (χ1) is 27.0. The molecule has 6 heterocycles. The molecule has 6 aliphatic rings. The number of carboxylic acid groups (broad SMARTS) is 1. The Balaban J connectivity index is 1.05. The van der Waals surface area contributed by atoms with Crippen molar-refractivity contribution in [3.8, 4) is 0 Å². The van der Waals surface area contributed by atoms with E-state index in [1.165, 1.54) is 0 Å². The number of carboxylic acids is 1. The lowest BCUT2D eigenvalue weighted by Gasteiger charge is -2.50. The molecule has 20 atom stereocenters. The summed E-state index contributed by atoms with van der Waals surface area (Å²) in [6.45, 7) is 17.3. The van der Waals surface area contributed by atoms with Gasteiger partial charge in [-0.05, 0) is 110 Å². The van der Waals surface area contributed by atoms with Gasteiger partial charge in [0.15, 0.2) is 17.4 Å². The van der Waals surface area contributed by atoms with E-state index in [9.17, 15) is 35.4 Å². The van der Waals surface area contributed by atoms with Gasteiger partial charge in [-0.3, -0.25) is 4.79 Å². The summed E-state index contributed by atoms with van der Waals surface area (Å²) in [4.78, 5) is 11.7. The smallest absolute Gasteiger partial charge is 0.308 e. The molecule has 336 valence electrons. The van der Waals surface area contributed by atoms with Gasteiger partial charge < -0.3 is 59.1 Å². The van der Waals surface area contributed by atoms with E-state index < -0.39 is 76.9 Å². The zero-order valence-corrected chi connectivity index (χ0v) is 36.8. The van der Waals surface area contributed by atoms with Crippen molar-refractivity contribution in [2.75, 3.05) is 0 Å². The highest BCUT2D eigenvalue weighted by Crippen LogP contribution is 2.52. The molecule has 0 spiro atoms. The first-order valence-electron chi connectivity index (χ1n) is 22.9. The summed E-state index contributed by atoms with van der Waals surface area (Å²) in [5.41, 5.74) is -1.88. The number of ether oxygens (including phenoxy) is 6. The zero-order chi connectivity index (χ0) is 42.6. The number of rotatable bonds is 13. The third-order valence-electron chi connectivity index (χ3n) is 16.2. The van der Waals surface area contributed by atoms with Crippen molar-refractivity contribution in [3.05, 3.63) is 0 Å². The lowest BCUT2D eigenvalue weighted by Crippen LogP contribution is -2.57. The van der Waals surface area contributed by atoms with Crippen LogP contribution in [0, 0.1) is 35.5 Å². The van der Waals surface area contributed by atoms with Crippen molar-refractivity contribution >= 4 is 5.97 Å². The summed E-state index contributed by atoms with van der Waals surface area (Å²) in [7, 11) is 0. The number of aliphatic hydroxyl groups excluding tert-OH is 1. The molecule has 6 fully saturated rings. The maximum Gasteiger partial charge on any atom is 0.308 e. The molecule has 13 nitrogen and oxygen atoms in total. The van der Waals surface area contributed by atoms with Crippen LogP contribution in [0.2, 0.25) is 0 Å². The second-order valence-corrected chi connectivity index (χ2v) is 20.4. The van der Waals surface area contributed by atoms with Crippen LogP contribution in [0.25, 0.3) is 0 Å². The first-order valence-corrected chi connectivity index (χ1v) is 22.9. The van der Waals surface area contributed by atoms with Gasteiger partial charge in [0, 0.05) is 37.0 Å². The normalized spacial score (nSPS) is 49.9. The predicted molar refractivity (Wildman–Crippen MR) is 214 cm³/mol. The highest BCUT2D eigenvalue weighted by molar-refractivity contribution is 5.70. The Morgan fingerprint density at radius 1 is 0.741 bits per heavy atom. The second-order valence-electron chi connectivity index (χ2n) is 20.4. The predicted octanol–water partition coefficient (Wildman–Crippen LogP) is 5.83. The largest absolute Gasteiger partial charge is 0.481 e.